The quantitative estimate of drug-likeness (QED) is 0.450. The van der Waals surface area contributed by atoms with Gasteiger partial charge in [-0.05, 0) is 0 Å². The molecule has 0 saturated heterocycles. The topological polar surface area (TPSA) is 67.8 Å². The van der Waals surface area contributed by atoms with Gasteiger partial charge in [0.1, 0.15) is 24.8 Å². The summed E-state index contributed by atoms with van der Waals surface area (Å²) in [5, 5.41) is 2.83. The third-order valence-corrected chi connectivity index (χ3v) is 1.06. The smallest absolute Gasteiger partial charge is 0.145 e. The molecule has 0 aliphatic carbocycles. The zero-order valence-electron chi connectivity index (χ0n) is 5.90. The molecule has 0 radical (unpaired) electrons. The Balaban J connectivity index is 2.33. The first-order chi connectivity index (χ1) is 5.43. The molecule has 5 heteroatoms. The van der Waals surface area contributed by atoms with Crippen LogP contribution in [0.5, 0.6) is 0 Å². The highest BCUT2D eigenvalue weighted by Gasteiger charge is 1.91. The van der Waals surface area contributed by atoms with Gasteiger partial charge in [0.05, 0.1) is 13.1 Å². The second-order valence-electron chi connectivity index (χ2n) is 1.85. The Labute approximate surface area is 63.9 Å². The third-order valence-electron chi connectivity index (χ3n) is 1.06. The van der Waals surface area contributed by atoms with Gasteiger partial charge in [-0.1, -0.05) is 0 Å². The minimum Gasteiger partial charge on any atom is -0.303 e. The first-order valence-electron chi connectivity index (χ1n) is 3.18. The van der Waals surface area contributed by atoms with Crippen molar-refractivity contribution in [2.24, 2.45) is 0 Å². The molecule has 0 fully saturated rings. The molecule has 0 aromatic carbocycles. The average Bonchev–Trinajstić information content (AvgIpc) is 2.07. The van der Waals surface area contributed by atoms with E-state index in [0.29, 0.717) is 18.9 Å². The summed E-state index contributed by atoms with van der Waals surface area (Å²) in [7, 11) is 0. The van der Waals surface area contributed by atoms with Gasteiger partial charge in [-0.25, -0.2) is 15.0 Å². The Bertz CT molecular complexity index is 213. The maximum atomic E-state index is 9.88. The van der Waals surface area contributed by atoms with E-state index < -0.39 is 0 Å². The van der Waals surface area contributed by atoms with Gasteiger partial charge in [-0.15, -0.1) is 0 Å². The van der Waals surface area contributed by atoms with Crippen LogP contribution in [0.25, 0.3) is 0 Å². The molecular formula is C6H8N4O. The van der Waals surface area contributed by atoms with Crippen LogP contribution in [0.15, 0.2) is 12.7 Å². The largest absolute Gasteiger partial charge is 0.303 e. The van der Waals surface area contributed by atoms with E-state index in [0.717, 1.165) is 6.29 Å². The van der Waals surface area contributed by atoms with Crippen LogP contribution < -0.4 is 5.32 Å². The van der Waals surface area contributed by atoms with Crippen LogP contribution in [0.4, 0.5) is 0 Å². The van der Waals surface area contributed by atoms with Crippen LogP contribution in [-0.4, -0.2) is 27.8 Å². The lowest BCUT2D eigenvalue weighted by atomic mass is 10.5. The van der Waals surface area contributed by atoms with E-state index >= 15 is 0 Å². The molecule has 1 rings (SSSR count). The summed E-state index contributed by atoms with van der Waals surface area (Å²) in [4.78, 5) is 21.2. The van der Waals surface area contributed by atoms with Crippen LogP contribution in [0, 0.1) is 0 Å². The highest BCUT2D eigenvalue weighted by molar-refractivity contribution is 5.51. The van der Waals surface area contributed by atoms with Crippen molar-refractivity contribution < 1.29 is 4.79 Å². The summed E-state index contributed by atoms with van der Waals surface area (Å²) in [6, 6.07) is 0. The first kappa shape index (κ1) is 7.74. The minimum absolute atomic E-state index is 0.325. The average molecular weight is 152 g/mol. The molecule has 1 heterocycles. The minimum atomic E-state index is 0.325. The fourth-order valence-corrected chi connectivity index (χ4v) is 0.597. The zero-order chi connectivity index (χ0) is 7.94. The molecule has 5 nitrogen and oxygen atoms in total. The molecule has 0 atom stereocenters. The summed E-state index contributed by atoms with van der Waals surface area (Å²) >= 11 is 0. The first-order valence-corrected chi connectivity index (χ1v) is 3.18. The zero-order valence-corrected chi connectivity index (χ0v) is 5.90. The number of nitrogens with one attached hydrogen (secondary N) is 1. The Hall–Kier alpha value is -1.36. The van der Waals surface area contributed by atoms with E-state index in [1.54, 1.807) is 0 Å². The van der Waals surface area contributed by atoms with Crippen molar-refractivity contribution in [1.82, 2.24) is 20.3 Å². The molecule has 58 valence electrons. The number of nitrogens with zero attached hydrogens (tertiary/aromatic N) is 3. The van der Waals surface area contributed by atoms with Crippen LogP contribution in [-0.2, 0) is 11.3 Å². The standard InChI is InChI=1S/C6H8N4O/c11-2-1-7-3-6-9-4-8-5-10-6/h2,4-5,7H,1,3H2. The van der Waals surface area contributed by atoms with Crippen molar-refractivity contribution in [2.75, 3.05) is 6.54 Å². The summed E-state index contributed by atoms with van der Waals surface area (Å²) < 4.78 is 0. The van der Waals surface area contributed by atoms with Crippen molar-refractivity contribution in [2.45, 2.75) is 6.54 Å². The number of carbonyl (C=O) groups is 1. The van der Waals surface area contributed by atoms with Crippen molar-refractivity contribution in [3.05, 3.63) is 18.5 Å². The van der Waals surface area contributed by atoms with Gasteiger partial charge in [-0.2, -0.15) is 0 Å². The van der Waals surface area contributed by atoms with Gasteiger partial charge in [0.15, 0.2) is 0 Å². The van der Waals surface area contributed by atoms with Crippen molar-refractivity contribution >= 4 is 6.29 Å². The molecule has 0 unspecified atom stereocenters. The number of aromatic nitrogens is 3. The predicted molar refractivity (Wildman–Crippen MR) is 37.6 cm³/mol. The fraction of sp³-hybridized carbons (Fsp3) is 0.333. The van der Waals surface area contributed by atoms with Crippen LogP contribution in [0.1, 0.15) is 5.82 Å². The van der Waals surface area contributed by atoms with Gasteiger partial charge in [0, 0.05) is 0 Å². The second-order valence-corrected chi connectivity index (χ2v) is 1.85. The maximum absolute atomic E-state index is 9.88. The lowest BCUT2D eigenvalue weighted by Gasteiger charge is -1.96. The Morgan fingerprint density at radius 2 is 2.18 bits per heavy atom. The molecule has 0 spiro atoms. The molecule has 1 N–H and O–H groups in total. The van der Waals surface area contributed by atoms with E-state index in [1.807, 2.05) is 0 Å². The van der Waals surface area contributed by atoms with E-state index in [9.17, 15) is 4.79 Å². The Morgan fingerprint density at radius 1 is 1.45 bits per heavy atom. The Morgan fingerprint density at radius 3 is 2.82 bits per heavy atom. The van der Waals surface area contributed by atoms with Gasteiger partial charge < -0.3 is 10.1 Å². The van der Waals surface area contributed by atoms with Gasteiger partial charge in [-0.3, -0.25) is 0 Å². The predicted octanol–water partition coefficient (Wildman–Crippen LogP) is -0.840. The third kappa shape index (κ3) is 2.81. The second kappa shape index (κ2) is 4.45. The molecule has 1 aromatic heterocycles. The number of hydrogen-bond donors (Lipinski definition) is 1. The van der Waals surface area contributed by atoms with Gasteiger partial charge >= 0.3 is 0 Å². The lowest BCUT2D eigenvalue weighted by molar-refractivity contribution is -0.107. The SMILES string of the molecule is O=CCNCc1ncncn1. The molecule has 0 aliphatic heterocycles. The molecule has 0 aliphatic rings. The van der Waals surface area contributed by atoms with Crippen LogP contribution in [0.3, 0.4) is 0 Å². The number of hydrogen-bond acceptors (Lipinski definition) is 5. The summed E-state index contributed by atoms with van der Waals surface area (Å²) in [5.41, 5.74) is 0. The van der Waals surface area contributed by atoms with Crippen molar-refractivity contribution in [3.8, 4) is 0 Å². The monoisotopic (exact) mass is 152 g/mol. The summed E-state index contributed by atoms with van der Waals surface area (Å²) in [5.74, 6) is 0.641. The molecule has 0 bridgehead atoms. The number of carbonyl (C=O) groups excluding carboxylic acids is 1. The number of rotatable bonds is 4. The van der Waals surface area contributed by atoms with Gasteiger partial charge in [0.25, 0.3) is 0 Å². The molecule has 0 saturated carbocycles. The normalized spacial score (nSPS) is 9.45. The van der Waals surface area contributed by atoms with E-state index in [-0.39, 0.29) is 0 Å². The van der Waals surface area contributed by atoms with Crippen molar-refractivity contribution in [3.63, 3.8) is 0 Å². The molecule has 11 heavy (non-hydrogen) atoms. The van der Waals surface area contributed by atoms with Gasteiger partial charge in [0.2, 0.25) is 0 Å². The fourth-order valence-electron chi connectivity index (χ4n) is 0.597. The van der Waals surface area contributed by atoms with Crippen LogP contribution >= 0.6 is 0 Å². The molecule has 0 amide bonds. The highest BCUT2D eigenvalue weighted by atomic mass is 16.1. The van der Waals surface area contributed by atoms with E-state index in [1.165, 1.54) is 12.7 Å². The summed E-state index contributed by atoms with van der Waals surface area (Å²) in [6.07, 6.45) is 3.64. The van der Waals surface area contributed by atoms with E-state index in [2.05, 4.69) is 20.3 Å². The van der Waals surface area contributed by atoms with Crippen molar-refractivity contribution in [1.29, 1.82) is 0 Å². The molecular weight excluding hydrogens is 144 g/mol. The van der Waals surface area contributed by atoms with Crippen LogP contribution in [0.2, 0.25) is 0 Å². The maximum Gasteiger partial charge on any atom is 0.145 e. The lowest BCUT2D eigenvalue weighted by Crippen LogP contribution is -2.17. The van der Waals surface area contributed by atoms with E-state index in [4.69, 9.17) is 0 Å². The number of aldehydes is 1. The molecule has 1 aromatic rings. The summed E-state index contributed by atoms with van der Waals surface area (Å²) in [6.45, 7) is 0.826. The highest BCUT2D eigenvalue weighted by Crippen LogP contribution is 1.81. The Kier molecular flexibility index (Phi) is 3.14.